The van der Waals surface area contributed by atoms with E-state index >= 15 is 0 Å². The molecule has 1 aromatic carbocycles. The zero-order chi connectivity index (χ0) is 16.1. The Hall–Kier alpha value is -2.02. The lowest BCUT2D eigenvalue weighted by atomic mass is 10.1. The second-order valence-corrected chi connectivity index (χ2v) is 6.15. The van der Waals surface area contributed by atoms with Gasteiger partial charge in [0.1, 0.15) is 0 Å². The number of nitrogens with one attached hydrogen (secondary N) is 1. The Morgan fingerprint density at radius 2 is 2.05 bits per heavy atom. The number of aromatic nitrogens is 3. The van der Waals surface area contributed by atoms with Gasteiger partial charge in [0, 0.05) is 11.6 Å². The number of hydrogen-bond donors (Lipinski definition) is 2. The van der Waals surface area contributed by atoms with Crippen molar-refractivity contribution < 1.29 is 4.79 Å². The first-order valence-corrected chi connectivity index (χ1v) is 8.19. The van der Waals surface area contributed by atoms with Crippen LogP contribution in [-0.4, -0.2) is 32.6 Å². The third-order valence-electron chi connectivity index (χ3n) is 3.33. The largest absolute Gasteiger partial charge is 0.353 e. The van der Waals surface area contributed by atoms with E-state index in [1.165, 1.54) is 22.0 Å². The third kappa shape index (κ3) is 4.00. The van der Waals surface area contributed by atoms with Gasteiger partial charge < -0.3 is 11.2 Å². The van der Waals surface area contributed by atoms with Crippen LogP contribution in [0.1, 0.15) is 25.8 Å². The van der Waals surface area contributed by atoms with Gasteiger partial charge in [-0.25, -0.2) is 4.68 Å². The number of rotatable bonds is 6. The molecule has 0 aliphatic heterocycles. The van der Waals surface area contributed by atoms with Crippen LogP contribution in [0, 0.1) is 6.92 Å². The van der Waals surface area contributed by atoms with Gasteiger partial charge in [0.25, 0.3) is 0 Å². The summed E-state index contributed by atoms with van der Waals surface area (Å²) >= 11 is 1.28. The molecule has 22 heavy (non-hydrogen) atoms. The van der Waals surface area contributed by atoms with Gasteiger partial charge in [-0.3, -0.25) is 4.79 Å². The molecule has 0 spiro atoms. The fraction of sp³-hybridized carbons (Fsp3) is 0.400. The van der Waals surface area contributed by atoms with Crippen LogP contribution in [0.15, 0.2) is 29.4 Å². The molecule has 6 nitrogen and oxygen atoms in total. The van der Waals surface area contributed by atoms with Crippen molar-refractivity contribution in [3.05, 3.63) is 29.8 Å². The average Bonchev–Trinajstić information content (AvgIpc) is 2.87. The van der Waals surface area contributed by atoms with Crippen LogP contribution < -0.4 is 11.2 Å². The Morgan fingerprint density at radius 3 is 2.68 bits per heavy atom. The molecule has 1 heterocycles. The molecule has 118 valence electrons. The van der Waals surface area contributed by atoms with Gasteiger partial charge >= 0.3 is 0 Å². The number of carbonyl (C=O) groups is 1. The molecule has 2 rings (SSSR count). The second-order valence-electron chi connectivity index (χ2n) is 5.21. The van der Waals surface area contributed by atoms with E-state index in [0.717, 1.165) is 12.0 Å². The highest BCUT2D eigenvalue weighted by Crippen LogP contribution is 2.21. The lowest BCUT2D eigenvalue weighted by molar-refractivity contribution is -0.119. The second kappa shape index (κ2) is 7.31. The lowest BCUT2D eigenvalue weighted by Crippen LogP contribution is -2.33. The zero-order valence-corrected chi connectivity index (χ0v) is 13.9. The summed E-state index contributed by atoms with van der Waals surface area (Å²) in [5.74, 6) is 6.86. The number of benzene rings is 1. The molecule has 1 amide bonds. The maximum Gasteiger partial charge on any atom is 0.230 e. The summed E-state index contributed by atoms with van der Waals surface area (Å²) in [5, 5.41) is 11.6. The molecule has 0 saturated carbocycles. The Morgan fingerprint density at radius 1 is 1.36 bits per heavy atom. The SMILES string of the molecule is CC[C@@H](C)NC(=O)CSc1nnc(-c2ccc(C)cc2)n1N. The standard InChI is InChI=1S/C15H21N5OS/c1-4-11(3)17-13(21)9-22-15-19-18-14(20(15)16)12-7-5-10(2)6-8-12/h5-8,11H,4,9,16H2,1-3H3,(H,17,21)/t11-/m1/s1. The number of carbonyl (C=O) groups excluding carboxylic acids is 1. The first-order valence-electron chi connectivity index (χ1n) is 7.21. The molecule has 0 fully saturated rings. The molecule has 0 radical (unpaired) electrons. The number of nitrogens with two attached hydrogens (primary N) is 1. The topological polar surface area (TPSA) is 85.8 Å². The maximum atomic E-state index is 11.8. The molecule has 0 unspecified atom stereocenters. The maximum absolute atomic E-state index is 11.8. The van der Waals surface area contributed by atoms with Crippen molar-refractivity contribution in [1.29, 1.82) is 0 Å². The summed E-state index contributed by atoms with van der Waals surface area (Å²) in [7, 11) is 0. The highest BCUT2D eigenvalue weighted by Gasteiger charge is 2.14. The highest BCUT2D eigenvalue weighted by molar-refractivity contribution is 7.99. The van der Waals surface area contributed by atoms with Crippen molar-refractivity contribution in [2.24, 2.45) is 0 Å². The van der Waals surface area contributed by atoms with Crippen LogP contribution in [0.3, 0.4) is 0 Å². The van der Waals surface area contributed by atoms with E-state index in [4.69, 9.17) is 5.84 Å². The predicted molar refractivity (Wildman–Crippen MR) is 89.0 cm³/mol. The molecule has 3 N–H and O–H groups in total. The molecule has 0 bridgehead atoms. The van der Waals surface area contributed by atoms with E-state index in [1.807, 2.05) is 45.0 Å². The lowest BCUT2D eigenvalue weighted by Gasteiger charge is -2.10. The highest BCUT2D eigenvalue weighted by atomic mass is 32.2. The summed E-state index contributed by atoms with van der Waals surface area (Å²) in [5.41, 5.74) is 2.07. The van der Waals surface area contributed by atoms with Crippen molar-refractivity contribution in [2.45, 2.75) is 38.4 Å². The van der Waals surface area contributed by atoms with Gasteiger partial charge in [0.05, 0.1) is 5.75 Å². The zero-order valence-electron chi connectivity index (χ0n) is 13.0. The molecule has 1 atom stereocenters. The van der Waals surface area contributed by atoms with Crippen LogP contribution in [-0.2, 0) is 4.79 Å². The predicted octanol–water partition coefficient (Wildman–Crippen LogP) is 1.97. The molecule has 0 aliphatic rings. The van der Waals surface area contributed by atoms with E-state index in [0.29, 0.717) is 11.0 Å². The minimum Gasteiger partial charge on any atom is -0.353 e. The first-order chi connectivity index (χ1) is 10.5. The van der Waals surface area contributed by atoms with Gasteiger partial charge in [-0.1, -0.05) is 48.5 Å². The number of aryl methyl sites for hydroxylation is 1. The minimum absolute atomic E-state index is 0.0285. The van der Waals surface area contributed by atoms with Crippen LogP contribution in [0.5, 0.6) is 0 Å². The van der Waals surface area contributed by atoms with Gasteiger partial charge in [0.15, 0.2) is 5.82 Å². The van der Waals surface area contributed by atoms with Crippen molar-refractivity contribution in [2.75, 3.05) is 11.6 Å². The number of nitrogens with zero attached hydrogens (tertiary/aromatic N) is 3. The number of hydrogen-bond acceptors (Lipinski definition) is 5. The minimum atomic E-state index is -0.0285. The monoisotopic (exact) mass is 319 g/mol. The fourth-order valence-corrected chi connectivity index (χ4v) is 2.49. The van der Waals surface area contributed by atoms with Crippen molar-refractivity contribution in [3.63, 3.8) is 0 Å². The molecule has 0 aliphatic carbocycles. The van der Waals surface area contributed by atoms with E-state index in [9.17, 15) is 4.79 Å². The van der Waals surface area contributed by atoms with Crippen LogP contribution in [0.2, 0.25) is 0 Å². The summed E-state index contributed by atoms with van der Waals surface area (Å²) < 4.78 is 1.42. The summed E-state index contributed by atoms with van der Waals surface area (Å²) in [4.78, 5) is 11.8. The molecular formula is C15H21N5OS. The smallest absolute Gasteiger partial charge is 0.230 e. The van der Waals surface area contributed by atoms with Gasteiger partial charge in [-0.15, -0.1) is 10.2 Å². The van der Waals surface area contributed by atoms with Crippen molar-refractivity contribution in [1.82, 2.24) is 20.2 Å². The summed E-state index contributed by atoms with van der Waals surface area (Å²) in [6, 6.07) is 8.07. The molecule has 0 saturated heterocycles. The molecule has 7 heteroatoms. The quantitative estimate of drug-likeness (QED) is 0.628. The summed E-state index contributed by atoms with van der Waals surface area (Å²) in [6.07, 6.45) is 0.904. The van der Waals surface area contributed by atoms with Gasteiger partial charge in [-0.05, 0) is 20.3 Å². The number of thioether (sulfide) groups is 1. The average molecular weight is 319 g/mol. The van der Waals surface area contributed by atoms with Crippen LogP contribution in [0.25, 0.3) is 11.4 Å². The number of nitrogen functional groups attached to an aromatic ring is 1. The van der Waals surface area contributed by atoms with Crippen LogP contribution in [0.4, 0.5) is 0 Å². The van der Waals surface area contributed by atoms with Crippen molar-refractivity contribution in [3.8, 4) is 11.4 Å². The molecule has 2 aromatic rings. The Balaban J connectivity index is 2.02. The normalized spacial score (nSPS) is 12.1. The van der Waals surface area contributed by atoms with E-state index in [-0.39, 0.29) is 17.7 Å². The van der Waals surface area contributed by atoms with E-state index in [2.05, 4.69) is 15.5 Å². The Labute approximate surface area is 134 Å². The van der Waals surface area contributed by atoms with E-state index in [1.54, 1.807) is 0 Å². The van der Waals surface area contributed by atoms with Gasteiger partial charge in [-0.2, -0.15) is 0 Å². The van der Waals surface area contributed by atoms with Gasteiger partial charge in [0.2, 0.25) is 11.1 Å². The van der Waals surface area contributed by atoms with Crippen molar-refractivity contribution >= 4 is 17.7 Å². The molecule has 1 aromatic heterocycles. The fourth-order valence-electron chi connectivity index (χ4n) is 1.82. The van der Waals surface area contributed by atoms with Crippen LogP contribution >= 0.6 is 11.8 Å². The Bertz CT molecular complexity index is 638. The third-order valence-corrected chi connectivity index (χ3v) is 4.27. The summed E-state index contributed by atoms with van der Waals surface area (Å²) in [6.45, 7) is 6.03. The van der Waals surface area contributed by atoms with E-state index < -0.39 is 0 Å². The number of amides is 1. The molecular weight excluding hydrogens is 298 g/mol. The Kier molecular flexibility index (Phi) is 5.43. The first kappa shape index (κ1) is 16.4.